The molecule has 1 fully saturated rings. The zero-order valence-electron chi connectivity index (χ0n) is 12.0. The van der Waals surface area contributed by atoms with Crippen LogP contribution in [0.25, 0.3) is 0 Å². The van der Waals surface area contributed by atoms with Crippen molar-refractivity contribution in [3.8, 4) is 11.5 Å². The summed E-state index contributed by atoms with van der Waals surface area (Å²) in [6, 6.07) is 1.68. The van der Waals surface area contributed by atoms with Gasteiger partial charge in [0.25, 0.3) is 0 Å². The maximum absolute atomic E-state index is 12.0. The predicted molar refractivity (Wildman–Crippen MR) is 84.7 cm³/mol. The van der Waals surface area contributed by atoms with Crippen molar-refractivity contribution >= 4 is 33.5 Å². The third kappa shape index (κ3) is 2.73. The van der Waals surface area contributed by atoms with Crippen molar-refractivity contribution in [3.05, 3.63) is 21.1 Å². The highest BCUT2D eigenvalue weighted by Gasteiger charge is 2.45. The average Bonchev–Trinajstić information content (AvgIpc) is 2.46. The van der Waals surface area contributed by atoms with Crippen molar-refractivity contribution in [2.75, 3.05) is 14.2 Å². The van der Waals surface area contributed by atoms with E-state index < -0.39 is 11.4 Å². The second-order valence-corrected chi connectivity index (χ2v) is 6.49. The topological polar surface area (TPSA) is 55.8 Å². The fraction of sp³-hybridized carbons (Fsp3) is 0.533. The van der Waals surface area contributed by atoms with E-state index in [1.807, 2.05) is 0 Å². The molecule has 0 bridgehead atoms. The van der Waals surface area contributed by atoms with Gasteiger partial charge in [-0.05, 0) is 34.8 Å². The van der Waals surface area contributed by atoms with E-state index in [1.54, 1.807) is 6.07 Å². The van der Waals surface area contributed by atoms with Gasteiger partial charge in [0.1, 0.15) is 0 Å². The molecule has 0 heterocycles. The van der Waals surface area contributed by atoms with E-state index in [4.69, 9.17) is 21.1 Å². The number of carbonyl (C=O) groups is 1. The second kappa shape index (κ2) is 6.44. The minimum atomic E-state index is -1.01. The van der Waals surface area contributed by atoms with Gasteiger partial charge in [-0.15, -0.1) is 0 Å². The molecule has 1 aromatic rings. The van der Waals surface area contributed by atoms with Crippen LogP contribution in [-0.4, -0.2) is 25.3 Å². The van der Waals surface area contributed by atoms with Crippen LogP contribution in [0.1, 0.15) is 37.7 Å². The predicted octanol–water partition coefficient (Wildman–Crippen LogP) is 4.41. The molecule has 1 saturated carbocycles. The Kier molecular flexibility index (Phi) is 5.04. The fourth-order valence-electron chi connectivity index (χ4n) is 3.14. The van der Waals surface area contributed by atoms with Gasteiger partial charge in [-0.2, -0.15) is 0 Å². The van der Waals surface area contributed by atoms with Crippen molar-refractivity contribution in [3.63, 3.8) is 0 Å². The number of carboxylic acids is 1. The molecule has 0 amide bonds. The molecular weight excluding hydrogens is 360 g/mol. The summed E-state index contributed by atoms with van der Waals surface area (Å²) >= 11 is 9.76. The minimum absolute atomic E-state index is 0.392. The first kappa shape index (κ1) is 16.4. The van der Waals surface area contributed by atoms with E-state index in [0.29, 0.717) is 39.4 Å². The molecule has 0 spiro atoms. The van der Waals surface area contributed by atoms with Gasteiger partial charge < -0.3 is 14.6 Å². The first-order valence-electron chi connectivity index (χ1n) is 6.81. The van der Waals surface area contributed by atoms with Crippen molar-refractivity contribution < 1.29 is 19.4 Å². The Morgan fingerprint density at radius 3 is 2.29 bits per heavy atom. The molecule has 0 aromatic heterocycles. The van der Waals surface area contributed by atoms with E-state index >= 15 is 0 Å². The van der Waals surface area contributed by atoms with Crippen LogP contribution in [0.2, 0.25) is 5.02 Å². The Hall–Kier alpha value is -0.940. The molecule has 1 N–H and O–H groups in total. The number of carboxylic acid groups (broad SMARTS) is 1. The molecule has 1 aromatic carbocycles. The van der Waals surface area contributed by atoms with Gasteiger partial charge in [0.15, 0.2) is 11.5 Å². The van der Waals surface area contributed by atoms with E-state index in [0.717, 1.165) is 19.3 Å². The van der Waals surface area contributed by atoms with E-state index in [9.17, 15) is 9.90 Å². The van der Waals surface area contributed by atoms with Gasteiger partial charge in [-0.3, -0.25) is 4.79 Å². The molecule has 0 radical (unpaired) electrons. The van der Waals surface area contributed by atoms with Gasteiger partial charge in [-0.25, -0.2) is 0 Å². The standard InChI is InChI=1S/C15H18BrClO4/c1-20-12-9(16)8-10(17)11(13(12)21-2)15(14(18)19)6-4-3-5-7-15/h8H,3-7H2,1-2H3,(H,18,19). The molecule has 1 aliphatic carbocycles. The molecule has 1 aliphatic rings. The highest BCUT2D eigenvalue weighted by atomic mass is 79.9. The van der Waals surface area contributed by atoms with Gasteiger partial charge in [0.2, 0.25) is 0 Å². The maximum Gasteiger partial charge on any atom is 0.314 e. The number of ether oxygens (including phenoxy) is 2. The summed E-state index contributed by atoms with van der Waals surface area (Å²) in [6.45, 7) is 0. The quantitative estimate of drug-likeness (QED) is 0.844. The summed E-state index contributed by atoms with van der Waals surface area (Å²) in [7, 11) is 3.02. The summed E-state index contributed by atoms with van der Waals surface area (Å²) in [5, 5.41) is 10.2. The van der Waals surface area contributed by atoms with Crippen LogP contribution < -0.4 is 9.47 Å². The number of benzene rings is 1. The molecule has 116 valence electrons. The Morgan fingerprint density at radius 2 is 1.81 bits per heavy atom. The highest BCUT2D eigenvalue weighted by Crippen LogP contribution is 2.51. The van der Waals surface area contributed by atoms with Crippen molar-refractivity contribution in [1.82, 2.24) is 0 Å². The summed E-state index contributed by atoms with van der Waals surface area (Å²) in [6.07, 6.45) is 3.89. The minimum Gasteiger partial charge on any atom is -0.492 e. The molecule has 6 heteroatoms. The molecule has 0 unspecified atom stereocenters. The normalized spacial score (nSPS) is 17.3. The maximum atomic E-state index is 12.0. The van der Waals surface area contributed by atoms with E-state index in [-0.39, 0.29) is 0 Å². The largest absolute Gasteiger partial charge is 0.492 e. The number of aliphatic carboxylic acids is 1. The first-order valence-corrected chi connectivity index (χ1v) is 7.99. The van der Waals surface area contributed by atoms with E-state index in [2.05, 4.69) is 15.9 Å². The van der Waals surface area contributed by atoms with Crippen LogP contribution in [0.5, 0.6) is 11.5 Å². The van der Waals surface area contributed by atoms with Gasteiger partial charge >= 0.3 is 5.97 Å². The summed E-state index contributed by atoms with van der Waals surface area (Å²) in [4.78, 5) is 12.0. The van der Waals surface area contributed by atoms with Crippen LogP contribution >= 0.6 is 27.5 Å². The van der Waals surface area contributed by atoms with Gasteiger partial charge in [0, 0.05) is 5.56 Å². The Morgan fingerprint density at radius 1 is 1.24 bits per heavy atom. The molecule has 0 aliphatic heterocycles. The first-order chi connectivity index (χ1) is 9.97. The summed E-state index contributed by atoms with van der Waals surface area (Å²) in [5.41, 5.74) is -0.479. The number of methoxy groups -OCH3 is 2. The molecule has 21 heavy (non-hydrogen) atoms. The monoisotopic (exact) mass is 376 g/mol. The molecule has 4 nitrogen and oxygen atoms in total. The lowest BCUT2D eigenvalue weighted by Gasteiger charge is -2.35. The second-order valence-electron chi connectivity index (χ2n) is 5.23. The molecule has 0 saturated heterocycles. The van der Waals surface area contributed by atoms with Crippen molar-refractivity contribution in [2.45, 2.75) is 37.5 Å². The third-order valence-electron chi connectivity index (χ3n) is 4.15. The molecule has 0 atom stereocenters. The van der Waals surface area contributed by atoms with Crippen LogP contribution in [-0.2, 0) is 10.2 Å². The number of rotatable bonds is 4. The SMILES string of the molecule is COc1c(Br)cc(Cl)c(C2(C(=O)O)CCCCC2)c1OC. The lowest BCUT2D eigenvalue weighted by Crippen LogP contribution is -2.38. The number of halogens is 2. The summed E-state index contributed by atoms with van der Waals surface area (Å²) < 4.78 is 11.5. The van der Waals surface area contributed by atoms with Crippen LogP contribution in [0.4, 0.5) is 0 Å². The lowest BCUT2D eigenvalue weighted by atomic mass is 9.69. The molecule has 2 rings (SSSR count). The van der Waals surface area contributed by atoms with Crippen molar-refractivity contribution in [2.24, 2.45) is 0 Å². The number of hydrogen-bond donors (Lipinski definition) is 1. The van der Waals surface area contributed by atoms with Crippen molar-refractivity contribution in [1.29, 1.82) is 0 Å². The van der Waals surface area contributed by atoms with Crippen LogP contribution in [0, 0.1) is 0 Å². The highest BCUT2D eigenvalue weighted by molar-refractivity contribution is 9.10. The average molecular weight is 378 g/mol. The van der Waals surface area contributed by atoms with Gasteiger partial charge in [-0.1, -0.05) is 30.9 Å². The number of hydrogen-bond acceptors (Lipinski definition) is 3. The van der Waals surface area contributed by atoms with Gasteiger partial charge in [0.05, 0.1) is 29.1 Å². The Bertz CT molecular complexity index is 553. The zero-order chi connectivity index (χ0) is 15.6. The third-order valence-corrected chi connectivity index (χ3v) is 5.03. The Balaban J connectivity index is 2.73. The smallest absolute Gasteiger partial charge is 0.314 e. The Labute approximate surface area is 137 Å². The van der Waals surface area contributed by atoms with Crippen LogP contribution in [0.3, 0.4) is 0 Å². The lowest BCUT2D eigenvalue weighted by molar-refractivity contribution is -0.145. The fourth-order valence-corrected chi connectivity index (χ4v) is 4.21. The summed E-state index contributed by atoms with van der Waals surface area (Å²) in [5.74, 6) is 0.0241. The van der Waals surface area contributed by atoms with E-state index in [1.165, 1.54) is 14.2 Å². The molecular formula is C15H18BrClO4. The zero-order valence-corrected chi connectivity index (χ0v) is 14.4. The van der Waals surface area contributed by atoms with Crippen LogP contribution in [0.15, 0.2) is 10.5 Å².